The van der Waals surface area contributed by atoms with Crippen molar-refractivity contribution in [3.63, 3.8) is 0 Å². The van der Waals surface area contributed by atoms with E-state index < -0.39 is 0 Å². The Balaban J connectivity index is 1.65. The maximum Gasteiger partial charge on any atom is 0.217 e. The smallest absolute Gasteiger partial charge is 0.217 e. The van der Waals surface area contributed by atoms with Crippen LogP contribution in [-0.4, -0.2) is 40.8 Å². The van der Waals surface area contributed by atoms with Crippen molar-refractivity contribution in [3.8, 4) is 0 Å². The van der Waals surface area contributed by atoms with E-state index in [1.54, 1.807) is 6.92 Å². The molecule has 1 atom stereocenters. The normalized spacial score (nSPS) is 26.3. The first-order chi connectivity index (χ1) is 12.2. The van der Waals surface area contributed by atoms with Gasteiger partial charge in [-0.2, -0.15) is 0 Å². The standard InChI is InChI=1S/C19H32N4O2/c1-3-23-11-10-20-19(23)18(15-8-12-25-13-9-15)22-17-6-4-16(5-7-17)21-14(2)24/h10-11,15-18,22H,3-9,12-13H2,1-2H3,(H,21,24). The molecule has 1 amide bonds. The summed E-state index contributed by atoms with van der Waals surface area (Å²) in [6.45, 7) is 6.43. The fraction of sp³-hybridized carbons (Fsp3) is 0.789. The summed E-state index contributed by atoms with van der Waals surface area (Å²) in [7, 11) is 0. The number of carbonyl (C=O) groups is 1. The highest BCUT2D eigenvalue weighted by atomic mass is 16.5. The molecule has 6 heteroatoms. The van der Waals surface area contributed by atoms with E-state index in [2.05, 4.69) is 33.3 Å². The Morgan fingerprint density at radius 1 is 1.24 bits per heavy atom. The van der Waals surface area contributed by atoms with Crippen LogP contribution < -0.4 is 10.6 Å². The molecule has 2 N–H and O–H groups in total. The Morgan fingerprint density at radius 2 is 1.92 bits per heavy atom. The molecule has 1 unspecified atom stereocenters. The van der Waals surface area contributed by atoms with E-state index >= 15 is 0 Å². The van der Waals surface area contributed by atoms with E-state index in [0.717, 1.165) is 58.3 Å². The van der Waals surface area contributed by atoms with Crippen LogP contribution in [0.5, 0.6) is 0 Å². The van der Waals surface area contributed by atoms with Crippen molar-refractivity contribution >= 4 is 5.91 Å². The van der Waals surface area contributed by atoms with Gasteiger partial charge in [0.1, 0.15) is 5.82 Å². The summed E-state index contributed by atoms with van der Waals surface area (Å²) in [5, 5.41) is 6.99. The Kier molecular flexibility index (Phi) is 6.48. The lowest BCUT2D eigenvalue weighted by Gasteiger charge is -2.36. The van der Waals surface area contributed by atoms with Crippen LogP contribution in [0.2, 0.25) is 0 Å². The van der Waals surface area contributed by atoms with Crippen molar-refractivity contribution in [2.24, 2.45) is 5.92 Å². The molecule has 0 bridgehead atoms. The van der Waals surface area contributed by atoms with Gasteiger partial charge in [0.2, 0.25) is 5.91 Å². The molecule has 6 nitrogen and oxygen atoms in total. The zero-order valence-electron chi connectivity index (χ0n) is 15.5. The Hall–Kier alpha value is -1.40. The summed E-state index contributed by atoms with van der Waals surface area (Å²) in [6.07, 6.45) is 10.5. The first-order valence-electron chi connectivity index (χ1n) is 9.79. The van der Waals surface area contributed by atoms with E-state index in [4.69, 9.17) is 4.74 Å². The third-order valence-corrected chi connectivity index (χ3v) is 5.65. The second-order valence-corrected chi connectivity index (χ2v) is 7.41. The fourth-order valence-electron chi connectivity index (χ4n) is 4.28. The van der Waals surface area contributed by atoms with Gasteiger partial charge in [0.15, 0.2) is 0 Å². The van der Waals surface area contributed by atoms with Crippen LogP contribution in [0.15, 0.2) is 12.4 Å². The molecular weight excluding hydrogens is 316 g/mol. The Bertz CT molecular complexity index is 545. The van der Waals surface area contributed by atoms with Crippen molar-refractivity contribution in [2.45, 2.75) is 77.0 Å². The van der Waals surface area contributed by atoms with E-state index in [1.807, 2.05) is 6.20 Å². The van der Waals surface area contributed by atoms with Crippen LogP contribution in [0.4, 0.5) is 0 Å². The SMILES string of the molecule is CCn1ccnc1C(NC1CCC(NC(C)=O)CC1)C1CCOCC1. The molecule has 1 aliphatic heterocycles. The van der Waals surface area contributed by atoms with E-state index in [0.29, 0.717) is 24.0 Å². The molecule has 2 fully saturated rings. The molecular formula is C19H32N4O2. The molecule has 3 rings (SSSR count). The summed E-state index contributed by atoms with van der Waals surface area (Å²) in [6, 6.07) is 1.13. The average Bonchev–Trinajstić information content (AvgIpc) is 3.10. The third kappa shape index (κ3) is 4.82. The number of aryl methyl sites for hydroxylation is 1. The van der Waals surface area contributed by atoms with Crippen molar-refractivity contribution < 1.29 is 9.53 Å². The van der Waals surface area contributed by atoms with Gasteiger partial charge < -0.3 is 19.9 Å². The zero-order chi connectivity index (χ0) is 17.6. The second kappa shape index (κ2) is 8.81. The molecule has 0 spiro atoms. The molecule has 25 heavy (non-hydrogen) atoms. The minimum absolute atomic E-state index is 0.0847. The van der Waals surface area contributed by atoms with Gasteiger partial charge in [-0.3, -0.25) is 4.79 Å². The molecule has 1 aromatic rings. The highest BCUT2D eigenvalue weighted by Crippen LogP contribution is 2.31. The van der Waals surface area contributed by atoms with Gasteiger partial charge >= 0.3 is 0 Å². The van der Waals surface area contributed by atoms with Gasteiger partial charge in [0.25, 0.3) is 0 Å². The first kappa shape index (κ1) is 18.4. The number of aromatic nitrogens is 2. The van der Waals surface area contributed by atoms with Gasteiger partial charge in [-0.1, -0.05) is 0 Å². The fourth-order valence-corrected chi connectivity index (χ4v) is 4.28. The molecule has 2 heterocycles. The van der Waals surface area contributed by atoms with Crippen molar-refractivity contribution in [3.05, 3.63) is 18.2 Å². The van der Waals surface area contributed by atoms with Crippen LogP contribution in [0.3, 0.4) is 0 Å². The topological polar surface area (TPSA) is 68.2 Å². The lowest BCUT2D eigenvalue weighted by atomic mass is 9.87. The van der Waals surface area contributed by atoms with Crippen molar-refractivity contribution in [2.75, 3.05) is 13.2 Å². The number of ether oxygens (including phenoxy) is 1. The van der Waals surface area contributed by atoms with E-state index in [-0.39, 0.29) is 5.91 Å². The minimum atomic E-state index is 0.0847. The quantitative estimate of drug-likeness (QED) is 0.828. The maximum absolute atomic E-state index is 11.3. The Labute approximate surface area is 150 Å². The summed E-state index contributed by atoms with van der Waals surface area (Å²) >= 11 is 0. The second-order valence-electron chi connectivity index (χ2n) is 7.41. The Morgan fingerprint density at radius 3 is 2.56 bits per heavy atom. The molecule has 1 saturated carbocycles. The van der Waals surface area contributed by atoms with Crippen molar-refractivity contribution in [1.82, 2.24) is 20.2 Å². The van der Waals surface area contributed by atoms with Gasteiger partial charge in [-0.25, -0.2) is 4.98 Å². The van der Waals surface area contributed by atoms with Crippen molar-refractivity contribution in [1.29, 1.82) is 0 Å². The van der Waals surface area contributed by atoms with E-state index in [1.165, 1.54) is 5.82 Å². The number of hydrogen-bond donors (Lipinski definition) is 2. The van der Waals surface area contributed by atoms with Crippen LogP contribution >= 0.6 is 0 Å². The highest BCUT2D eigenvalue weighted by Gasteiger charge is 2.31. The van der Waals surface area contributed by atoms with Gasteiger partial charge in [-0.05, 0) is 51.4 Å². The van der Waals surface area contributed by atoms with E-state index in [9.17, 15) is 4.79 Å². The number of amides is 1. The molecule has 0 radical (unpaired) electrons. The van der Waals surface area contributed by atoms with Crippen LogP contribution in [-0.2, 0) is 16.1 Å². The number of imidazole rings is 1. The first-order valence-corrected chi connectivity index (χ1v) is 9.79. The minimum Gasteiger partial charge on any atom is -0.381 e. The number of rotatable bonds is 6. The highest BCUT2D eigenvalue weighted by molar-refractivity contribution is 5.73. The molecule has 0 aromatic carbocycles. The zero-order valence-corrected chi connectivity index (χ0v) is 15.5. The largest absolute Gasteiger partial charge is 0.381 e. The summed E-state index contributed by atoms with van der Waals surface area (Å²) in [5.74, 6) is 1.83. The molecule has 1 saturated heterocycles. The summed E-state index contributed by atoms with van der Waals surface area (Å²) < 4.78 is 7.83. The molecule has 1 aromatic heterocycles. The van der Waals surface area contributed by atoms with Gasteiger partial charge in [0.05, 0.1) is 6.04 Å². The lowest BCUT2D eigenvalue weighted by Crippen LogP contribution is -2.45. The van der Waals surface area contributed by atoms with Crippen LogP contribution in [0.25, 0.3) is 0 Å². The van der Waals surface area contributed by atoms with Crippen LogP contribution in [0, 0.1) is 5.92 Å². The summed E-state index contributed by atoms with van der Waals surface area (Å²) in [4.78, 5) is 15.9. The predicted molar refractivity (Wildman–Crippen MR) is 97.2 cm³/mol. The summed E-state index contributed by atoms with van der Waals surface area (Å²) in [5.41, 5.74) is 0. The van der Waals surface area contributed by atoms with Crippen LogP contribution in [0.1, 0.15) is 64.2 Å². The van der Waals surface area contributed by atoms with Gasteiger partial charge in [0, 0.05) is 51.2 Å². The number of nitrogens with zero attached hydrogens (tertiary/aromatic N) is 2. The average molecular weight is 348 g/mol. The molecule has 1 aliphatic carbocycles. The number of hydrogen-bond acceptors (Lipinski definition) is 4. The molecule has 2 aliphatic rings. The predicted octanol–water partition coefficient (Wildman–Crippen LogP) is 2.41. The number of carbonyl (C=O) groups excluding carboxylic acids is 1. The lowest BCUT2D eigenvalue weighted by molar-refractivity contribution is -0.119. The monoisotopic (exact) mass is 348 g/mol. The molecule has 140 valence electrons. The maximum atomic E-state index is 11.3. The number of nitrogens with one attached hydrogen (secondary N) is 2. The van der Waals surface area contributed by atoms with Gasteiger partial charge in [-0.15, -0.1) is 0 Å². The third-order valence-electron chi connectivity index (χ3n) is 5.65.